The fourth-order valence-electron chi connectivity index (χ4n) is 0.773. The second-order valence-electron chi connectivity index (χ2n) is 2.19. The summed E-state index contributed by atoms with van der Waals surface area (Å²) < 4.78 is 5.22. The summed E-state index contributed by atoms with van der Waals surface area (Å²) in [5, 5.41) is 0. The fourth-order valence-corrected chi connectivity index (χ4v) is 0.773. The molecule has 66 valence electrons. The Hall–Kier alpha value is -0.0238. The molecular formula is C10H11ClMgO. The van der Waals surface area contributed by atoms with Crippen LogP contribution in [0.25, 0.3) is 0 Å². The smallest absolute Gasteiger partial charge is 1.00 e. The third-order valence-corrected chi connectivity index (χ3v) is 1.27. The molecule has 0 atom stereocenters. The van der Waals surface area contributed by atoms with Gasteiger partial charge in [-0.15, -0.1) is 12.1 Å². The minimum atomic E-state index is 0. The fraction of sp³-hybridized carbons (Fsp3) is 0.200. The van der Waals surface area contributed by atoms with E-state index >= 15 is 0 Å². The van der Waals surface area contributed by atoms with E-state index in [4.69, 9.17) is 4.74 Å². The van der Waals surface area contributed by atoms with E-state index < -0.39 is 0 Å². The minimum absolute atomic E-state index is 0. The first-order valence-corrected chi connectivity index (χ1v) is 3.57. The van der Waals surface area contributed by atoms with Gasteiger partial charge in [0.05, 0.1) is 6.61 Å². The van der Waals surface area contributed by atoms with Gasteiger partial charge in [-0.3, -0.25) is 0 Å². The van der Waals surface area contributed by atoms with Crippen LogP contribution in [0.15, 0.2) is 36.9 Å². The molecule has 0 spiro atoms. The van der Waals surface area contributed by atoms with E-state index in [0.29, 0.717) is 13.2 Å². The predicted molar refractivity (Wildman–Crippen MR) is 50.9 cm³/mol. The largest absolute Gasteiger partial charge is 2.00 e. The summed E-state index contributed by atoms with van der Waals surface area (Å²) in [7, 11) is 0. The maximum Gasteiger partial charge on any atom is 2.00 e. The molecule has 0 saturated heterocycles. The van der Waals surface area contributed by atoms with Crippen LogP contribution in [0.3, 0.4) is 0 Å². The van der Waals surface area contributed by atoms with Crippen LogP contribution in [0.2, 0.25) is 0 Å². The third kappa shape index (κ3) is 7.08. The quantitative estimate of drug-likeness (QED) is 0.261. The van der Waals surface area contributed by atoms with E-state index in [1.165, 1.54) is 0 Å². The van der Waals surface area contributed by atoms with E-state index in [1.54, 1.807) is 6.08 Å². The van der Waals surface area contributed by atoms with Crippen molar-refractivity contribution in [1.29, 1.82) is 0 Å². The predicted octanol–water partition coefficient (Wildman–Crippen LogP) is -1.19. The first-order chi connectivity index (χ1) is 5.43. The summed E-state index contributed by atoms with van der Waals surface area (Å²) in [4.78, 5) is 0. The zero-order chi connectivity index (χ0) is 7.94. The molecule has 0 saturated carbocycles. The van der Waals surface area contributed by atoms with Crippen molar-refractivity contribution >= 4 is 23.1 Å². The molecule has 0 radical (unpaired) electrons. The number of halogens is 1. The Morgan fingerprint density at radius 3 is 2.77 bits per heavy atom. The standard InChI is InChI=1S/C10H11O.ClH.Mg/c1-2-8-11-9-10-6-4-3-5-7-10;;/h2-6H,1,8-9H2;1H;/q-1;;+2/p-1. The van der Waals surface area contributed by atoms with Gasteiger partial charge in [0.15, 0.2) is 0 Å². The second-order valence-corrected chi connectivity index (χ2v) is 2.19. The molecule has 0 N–H and O–H groups in total. The first kappa shape index (κ1) is 15.4. The third-order valence-electron chi connectivity index (χ3n) is 1.27. The van der Waals surface area contributed by atoms with Gasteiger partial charge >= 0.3 is 23.1 Å². The molecule has 13 heavy (non-hydrogen) atoms. The zero-order valence-electron chi connectivity index (χ0n) is 7.50. The molecule has 3 heteroatoms. The molecular weight excluding hydrogens is 196 g/mol. The van der Waals surface area contributed by atoms with Crippen LogP contribution in [-0.2, 0) is 11.3 Å². The molecule has 0 amide bonds. The van der Waals surface area contributed by atoms with Crippen molar-refractivity contribution in [2.45, 2.75) is 6.61 Å². The summed E-state index contributed by atoms with van der Waals surface area (Å²) in [5.41, 5.74) is 1.08. The Labute approximate surface area is 102 Å². The van der Waals surface area contributed by atoms with E-state index in [1.807, 2.05) is 24.3 Å². The Bertz CT molecular complexity index is 213. The van der Waals surface area contributed by atoms with Crippen molar-refractivity contribution in [3.63, 3.8) is 0 Å². The van der Waals surface area contributed by atoms with Crippen molar-refractivity contribution in [2.24, 2.45) is 0 Å². The van der Waals surface area contributed by atoms with Gasteiger partial charge in [0.2, 0.25) is 0 Å². The van der Waals surface area contributed by atoms with Gasteiger partial charge in [0, 0.05) is 6.61 Å². The molecule has 0 bridgehead atoms. The van der Waals surface area contributed by atoms with Crippen molar-refractivity contribution in [3.05, 3.63) is 48.6 Å². The molecule has 0 unspecified atom stereocenters. The van der Waals surface area contributed by atoms with Crippen molar-refractivity contribution in [2.75, 3.05) is 6.61 Å². The SMILES string of the molecule is C=CCOCc1[c-]cccc1.[Cl-].[Mg+2]. The summed E-state index contributed by atoms with van der Waals surface area (Å²) in [6.45, 7) is 4.77. The molecule has 0 fully saturated rings. The topological polar surface area (TPSA) is 9.23 Å². The van der Waals surface area contributed by atoms with Crippen molar-refractivity contribution in [3.8, 4) is 0 Å². The van der Waals surface area contributed by atoms with Crippen LogP contribution >= 0.6 is 0 Å². The Kier molecular flexibility index (Phi) is 12.0. The Morgan fingerprint density at radius 2 is 2.23 bits per heavy atom. The number of ether oxygens (including phenoxy) is 1. The molecule has 0 aliphatic carbocycles. The second kappa shape index (κ2) is 10.1. The van der Waals surface area contributed by atoms with Gasteiger partial charge in [0.1, 0.15) is 0 Å². The molecule has 0 aromatic heterocycles. The molecule has 1 aromatic carbocycles. The van der Waals surface area contributed by atoms with Crippen molar-refractivity contribution < 1.29 is 17.1 Å². The molecule has 0 aliphatic heterocycles. The summed E-state index contributed by atoms with van der Waals surface area (Å²) in [6.07, 6.45) is 1.74. The molecule has 1 nitrogen and oxygen atoms in total. The number of hydrogen-bond donors (Lipinski definition) is 0. The number of benzene rings is 1. The van der Waals surface area contributed by atoms with Crippen molar-refractivity contribution in [1.82, 2.24) is 0 Å². The molecule has 0 aliphatic rings. The van der Waals surface area contributed by atoms with Gasteiger partial charge in [-0.25, -0.2) is 0 Å². The number of rotatable bonds is 4. The average molecular weight is 207 g/mol. The average Bonchev–Trinajstić information content (AvgIpc) is 2.07. The van der Waals surface area contributed by atoms with Crippen LogP contribution in [0.1, 0.15) is 5.56 Å². The van der Waals surface area contributed by atoms with E-state index in [-0.39, 0.29) is 35.5 Å². The van der Waals surface area contributed by atoms with E-state index in [0.717, 1.165) is 5.56 Å². The molecule has 0 heterocycles. The van der Waals surface area contributed by atoms with Gasteiger partial charge < -0.3 is 17.1 Å². The van der Waals surface area contributed by atoms with Crippen LogP contribution in [0, 0.1) is 6.07 Å². The monoisotopic (exact) mass is 206 g/mol. The van der Waals surface area contributed by atoms with Gasteiger partial charge in [0.25, 0.3) is 0 Å². The summed E-state index contributed by atoms with van der Waals surface area (Å²) in [6, 6.07) is 10.9. The van der Waals surface area contributed by atoms with Gasteiger partial charge in [-0.05, 0) is 0 Å². The maximum atomic E-state index is 5.22. The van der Waals surface area contributed by atoms with E-state index in [9.17, 15) is 0 Å². The normalized spacial score (nSPS) is 8.00. The molecule has 1 rings (SSSR count). The minimum Gasteiger partial charge on any atom is -1.00 e. The zero-order valence-corrected chi connectivity index (χ0v) is 9.67. The van der Waals surface area contributed by atoms with Crippen LogP contribution < -0.4 is 12.4 Å². The Morgan fingerprint density at radius 1 is 1.46 bits per heavy atom. The first-order valence-electron chi connectivity index (χ1n) is 3.57. The van der Waals surface area contributed by atoms with Gasteiger partial charge in [-0.2, -0.15) is 30.3 Å². The van der Waals surface area contributed by atoms with Crippen LogP contribution in [0.4, 0.5) is 0 Å². The Balaban J connectivity index is 0. The van der Waals surface area contributed by atoms with Crippen LogP contribution in [-0.4, -0.2) is 29.7 Å². The number of hydrogen-bond acceptors (Lipinski definition) is 1. The summed E-state index contributed by atoms with van der Waals surface area (Å²) in [5.74, 6) is 0. The molecule has 1 aromatic rings. The van der Waals surface area contributed by atoms with E-state index in [2.05, 4.69) is 12.6 Å². The summed E-state index contributed by atoms with van der Waals surface area (Å²) >= 11 is 0. The van der Waals surface area contributed by atoms with Crippen LogP contribution in [0.5, 0.6) is 0 Å². The maximum absolute atomic E-state index is 5.22. The van der Waals surface area contributed by atoms with Gasteiger partial charge in [-0.1, -0.05) is 6.08 Å².